The van der Waals surface area contributed by atoms with Gasteiger partial charge in [-0.05, 0) is 55.6 Å². The average Bonchev–Trinajstić information content (AvgIpc) is 2.48. The Morgan fingerprint density at radius 1 is 1.25 bits per heavy atom. The molecule has 2 atom stereocenters. The van der Waals surface area contributed by atoms with E-state index in [-0.39, 0.29) is 11.7 Å². The number of benzene rings is 1. The van der Waals surface area contributed by atoms with Gasteiger partial charge in [0.1, 0.15) is 0 Å². The molecule has 110 valence electrons. The molecule has 0 aromatic heterocycles. The van der Waals surface area contributed by atoms with E-state index in [4.69, 9.17) is 4.74 Å². The number of aliphatic hydroxyl groups is 1. The summed E-state index contributed by atoms with van der Waals surface area (Å²) in [7, 11) is 0. The van der Waals surface area contributed by atoms with Crippen molar-refractivity contribution in [2.24, 2.45) is 5.92 Å². The van der Waals surface area contributed by atoms with Crippen molar-refractivity contribution in [1.29, 1.82) is 0 Å². The molecule has 0 bridgehead atoms. The Labute approximate surface area is 125 Å². The van der Waals surface area contributed by atoms with Crippen LogP contribution in [0.3, 0.4) is 0 Å². The maximum Gasteiger partial charge on any atom is 0.0820 e. The second-order valence-corrected chi connectivity index (χ2v) is 7.48. The Bertz CT molecular complexity index is 431. The summed E-state index contributed by atoms with van der Waals surface area (Å²) in [4.78, 5) is 0. The fourth-order valence-electron chi connectivity index (χ4n) is 3.46. The van der Waals surface area contributed by atoms with E-state index in [0.717, 1.165) is 37.9 Å². The summed E-state index contributed by atoms with van der Waals surface area (Å²) in [6.45, 7) is 2.89. The van der Waals surface area contributed by atoms with Crippen LogP contribution < -0.4 is 0 Å². The fourth-order valence-corrected chi connectivity index (χ4v) is 4.70. The molecule has 2 aliphatic rings. The zero-order valence-electron chi connectivity index (χ0n) is 12.2. The number of aryl methyl sites for hydroxylation is 1. The van der Waals surface area contributed by atoms with Gasteiger partial charge >= 0.3 is 0 Å². The molecule has 2 nitrogen and oxygen atoms in total. The van der Waals surface area contributed by atoms with Crippen LogP contribution in [0.1, 0.15) is 42.9 Å². The summed E-state index contributed by atoms with van der Waals surface area (Å²) in [5, 5.41) is 10.7. The van der Waals surface area contributed by atoms with Gasteiger partial charge in [-0.25, -0.2) is 0 Å². The molecule has 1 aromatic rings. The highest BCUT2D eigenvalue weighted by molar-refractivity contribution is 7.99. The van der Waals surface area contributed by atoms with E-state index in [2.05, 4.69) is 31.2 Å². The van der Waals surface area contributed by atoms with Gasteiger partial charge in [0.05, 0.1) is 11.7 Å². The Hall–Kier alpha value is -0.510. The second kappa shape index (κ2) is 6.08. The highest BCUT2D eigenvalue weighted by Crippen LogP contribution is 2.43. The first-order valence-corrected chi connectivity index (χ1v) is 8.80. The topological polar surface area (TPSA) is 29.5 Å². The lowest BCUT2D eigenvalue weighted by Crippen LogP contribution is -2.44. The van der Waals surface area contributed by atoms with Crippen LogP contribution in [-0.2, 0) is 4.74 Å². The molecule has 3 rings (SSSR count). The summed E-state index contributed by atoms with van der Waals surface area (Å²) in [6.07, 6.45) is 3.95. The SMILES string of the molecule is Cc1ccc(C(O)C2CCOC3(CCSCC3)C2)cc1. The maximum atomic E-state index is 10.7. The largest absolute Gasteiger partial charge is 0.388 e. The predicted molar refractivity (Wildman–Crippen MR) is 84.1 cm³/mol. The number of hydrogen-bond acceptors (Lipinski definition) is 3. The predicted octanol–water partition coefficient (Wildman–Crippen LogP) is 3.72. The molecule has 0 amide bonds. The first kappa shape index (κ1) is 14.4. The minimum atomic E-state index is -0.342. The van der Waals surface area contributed by atoms with Gasteiger partial charge in [0.2, 0.25) is 0 Å². The van der Waals surface area contributed by atoms with Crippen molar-refractivity contribution in [1.82, 2.24) is 0 Å². The van der Waals surface area contributed by atoms with Crippen molar-refractivity contribution in [3.05, 3.63) is 35.4 Å². The number of hydrogen-bond donors (Lipinski definition) is 1. The van der Waals surface area contributed by atoms with Crippen LogP contribution in [-0.4, -0.2) is 28.8 Å². The molecule has 0 aliphatic carbocycles. The summed E-state index contributed by atoms with van der Waals surface area (Å²) in [5.41, 5.74) is 2.36. The van der Waals surface area contributed by atoms with E-state index in [9.17, 15) is 5.11 Å². The van der Waals surface area contributed by atoms with Gasteiger partial charge in [-0.15, -0.1) is 0 Å². The van der Waals surface area contributed by atoms with Gasteiger partial charge in [-0.1, -0.05) is 29.8 Å². The summed E-state index contributed by atoms with van der Waals surface area (Å²) in [6, 6.07) is 8.31. The first-order chi connectivity index (χ1) is 9.69. The van der Waals surface area contributed by atoms with Gasteiger partial charge in [-0.2, -0.15) is 11.8 Å². The third-order valence-electron chi connectivity index (χ3n) is 4.80. The molecule has 2 aliphatic heterocycles. The molecule has 1 spiro atoms. The number of thioether (sulfide) groups is 1. The maximum absolute atomic E-state index is 10.7. The van der Waals surface area contributed by atoms with Crippen LogP contribution in [0.25, 0.3) is 0 Å². The first-order valence-electron chi connectivity index (χ1n) is 7.65. The van der Waals surface area contributed by atoms with E-state index < -0.39 is 0 Å². The van der Waals surface area contributed by atoms with Gasteiger partial charge in [0.15, 0.2) is 0 Å². The second-order valence-electron chi connectivity index (χ2n) is 6.25. The quantitative estimate of drug-likeness (QED) is 0.901. The van der Waals surface area contributed by atoms with Gasteiger partial charge in [-0.3, -0.25) is 0 Å². The molecule has 2 heterocycles. The Morgan fingerprint density at radius 3 is 2.65 bits per heavy atom. The van der Waals surface area contributed by atoms with E-state index in [1.807, 2.05) is 11.8 Å². The molecule has 2 saturated heterocycles. The minimum Gasteiger partial charge on any atom is -0.388 e. The monoisotopic (exact) mass is 292 g/mol. The van der Waals surface area contributed by atoms with Crippen LogP contribution in [0.5, 0.6) is 0 Å². The van der Waals surface area contributed by atoms with Crippen molar-refractivity contribution in [3.8, 4) is 0 Å². The third kappa shape index (κ3) is 3.05. The smallest absolute Gasteiger partial charge is 0.0820 e. The van der Waals surface area contributed by atoms with Crippen molar-refractivity contribution >= 4 is 11.8 Å². The normalized spacial score (nSPS) is 27.4. The minimum absolute atomic E-state index is 0.0554. The third-order valence-corrected chi connectivity index (χ3v) is 5.79. The van der Waals surface area contributed by atoms with Crippen LogP contribution in [0.2, 0.25) is 0 Å². The van der Waals surface area contributed by atoms with Crippen LogP contribution >= 0.6 is 11.8 Å². The number of rotatable bonds is 2. The highest BCUT2D eigenvalue weighted by atomic mass is 32.2. The Balaban J connectivity index is 1.71. The van der Waals surface area contributed by atoms with Gasteiger partial charge in [0, 0.05) is 6.61 Å². The highest BCUT2D eigenvalue weighted by Gasteiger charge is 2.40. The summed E-state index contributed by atoms with van der Waals surface area (Å²) < 4.78 is 6.12. The molecule has 1 N–H and O–H groups in total. The molecule has 1 aromatic carbocycles. The van der Waals surface area contributed by atoms with Crippen LogP contribution in [0.4, 0.5) is 0 Å². The van der Waals surface area contributed by atoms with Gasteiger partial charge < -0.3 is 9.84 Å². The lowest BCUT2D eigenvalue weighted by Gasteiger charge is -2.44. The van der Waals surface area contributed by atoms with Gasteiger partial charge in [0.25, 0.3) is 0 Å². The summed E-state index contributed by atoms with van der Waals surface area (Å²) >= 11 is 2.03. The van der Waals surface area contributed by atoms with E-state index in [1.54, 1.807) is 0 Å². The lowest BCUT2D eigenvalue weighted by atomic mass is 9.78. The number of ether oxygens (including phenoxy) is 1. The van der Waals surface area contributed by atoms with Crippen LogP contribution in [0, 0.1) is 12.8 Å². The standard InChI is InChI=1S/C17H24O2S/c1-13-2-4-14(5-3-13)16(18)15-6-9-19-17(12-15)7-10-20-11-8-17/h2-5,15-16,18H,6-12H2,1H3. The van der Waals surface area contributed by atoms with E-state index in [0.29, 0.717) is 5.92 Å². The number of aliphatic hydroxyl groups excluding tert-OH is 1. The molecule has 0 radical (unpaired) electrons. The van der Waals surface area contributed by atoms with Crippen molar-refractivity contribution < 1.29 is 9.84 Å². The molecular formula is C17H24O2S. The zero-order valence-corrected chi connectivity index (χ0v) is 13.0. The molecule has 0 saturated carbocycles. The zero-order chi connectivity index (χ0) is 14.0. The Morgan fingerprint density at radius 2 is 1.95 bits per heavy atom. The van der Waals surface area contributed by atoms with Crippen LogP contribution in [0.15, 0.2) is 24.3 Å². The lowest BCUT2D eigenvalue weighted by molar-refractivity contribution is -0.121. The van der Waals surface area contributed by atoms with Crippen molar-refractivity contribution in [2.45, 2.75) is 44.3 Å². The van der Waals surface area contributed by atoms with Crippen molar-refractivity contribution in [3.63, 3.8) is 0 Å². The van der Waals surface area contributed by atoms with E-state index >= 15 is 0 Å². The van der Waals surface area contributed by atoms with E-state index in [1.165, 1.54) is 17.1 Å². The van der Waals surface area contributed by atoms with Crippen molar-refractivity contribution in [2.75, 3.05) is 18.1 Å². The molecule has 20 heavy (non-hydrogen) atoms. The average molecular weight is 292 g/mol. The summed E-state index contributed by atoms with van der Waals surface area (Å²) in [5.74, 6) is 2.75. The molecular weight excluding hydrogens is 268 g/mol. The Kier molecular flexibility index (Phi) is 4.39. The molecule has 2 unspecified atom stereocenters. The molecule has 3 heteroatoms. The fraction of sp³-hybridized carbons (Fsp3) is 0.647. The molecule has 2 fully saturated rings.